The van der Waals surface area contributed by atoms with Gasteiger partial charge in [0.05, 0.1) is 11.3 Å². The topological polar surface area (TPSA) is 111 Å². The van der Waals surface area contributed by atoms with Crippen molar-refractivity contribution in [2.45, 2.75) is 6.54 Å². The third kappa shape index (κ3) is 4.35. The molecule has 4 rings (SSSR count). The number of aryl methyl sites for hydroxylation is 1. The van der Waals surface area contributed by atoms with Crippen LogP contribution in [0.1, 0.15) is 0 Å². The van der Waals surface area contributed by atoms with Crippen LogP contribution in [0.25, 0.3) is 11.2 Å². The van der Waals surface area contributed by atoms with Gasteiger partial charge in [-0.3, -0.25) is 28.9 Å². The predicted octanol–water partition coefficient (Wildman–Crippen LogP) is 0.782. The predicted molar refractivity (Wildman–Crippen MR) is 127 cm³/mol. The fourth-order valence-corrected chi connectivity index (χ4v) is 3.83. The molecule has 0 unspecified atom stereocenters. The summed E-state index contributed by atoms with van der Waals surface area (Å²) in [6.07, 6.45) is 1.61. The molecule has 1 aliphatic rings. The number of imidazole rings is 1. The zero-order valence-corrected chi connectivity index (χ0v) is 19.6. The Bertz CT molecular complexity index is 1210. The molecule has 1 saturated heterocycles. The van der Waals surface area contributed by atoms with Crippen molar-refractivity contribution in [1.82, 2.24) is 23.6 Å². The number of nitro benzene ring substituents is 1. The van der Waals surface area contributed by atoms with Crippen molar-refractivity contribution in [3.63, 3.8) is 0 Å². The number of anilines is 1. The SMILES string of the molecule is Cn1c(=O)c2c(ncn2CCN2CCN(c3ccc([N+](=O)[O-])cc3)CC2)n(C)c1=O.I. The molecule has 0 aliphatic carbocycles. The minimum Gasteiger partial charge on any atom is -0.369 e. The lowest BCUT2D eigenvalue weighted by Crippen LogP contribution is -2.47. The van der Waals surface area contributed by atoms with Crippen molar-refractivity contribution in [2.24, 2.45) is 14.1 Å². The van der Waals surface area contributed by atoms with Crippen LogP contribution in [0, 0.1) is 10.1 Å². The zero-order valence-electron chi connectivity index (χ0n) is 17.3. The Kier molecular flexibility index (Phi) is 6.79. The van der Waals surface area contributed by atoms with Crippen LogP contribution in [0.4, 0.5) is 11.4 Å². The van der Waals surface area contributed by atoms with Crippen LogP contribution in [0.15, 0.2) is 40.2 Å². The average molecular weight is 541 g/mol. The Morgan fingerprint density at radius 1 is 1.00 bits per heavy atom. The fourth-order valence-electron chi connectivity index (χ4n) is 3.83. The normalized spacial score (nSPS) is 14.6. The van der Waals surface area contributed by atoms with Crippen LogP contribution in [0.2, 0.25) is 0 Å². The largest absolute Gasteiger partial charge is 0.369 e. The van der Waals surface area contributed by atoms with Gasteiger partial charge in [-0.1, -0.05) is 0 Å². The third-order valence-electron chi connectivity index (χ3n) is 5.67. The highest BCUT2D eigenvalue weighted by molar-refractivity contribution is 14.0. The summed E-state index contributed by atoms with van der Waals surface area (Å²) < 4.78 is 4.29. The lowest BCUT2D eigenvalue weighted by Gasteiger charge is -2.36. The summed E-state index contributed by atoms with van der Waals surface area (Å²) in [4.78, 5) is 43.7. The van der Waals surface area contributed by atoms with Crippen LogP contribution >= 0.6 is 24.0 Å². The van der Waals surface area contributed by atoms with E-state index in [-0.39, 0.29) is 40.9 Å². The molecule has 3 heterocycles. The van der Waals surface area contributed by atoms with E-state index in [0.29, 0.717) is 17.7 Å². The van der Waals surface area contributed by atoms with Crippen molar-refractivity contribution >= 4 is 46.5 Å². The minimum absolute atomic E-state index is 0. The number of fused-ring (bicyclic) bond motifs is 1. The van der Waals surface area contributed by atoms with Crippen LogP contribution in [-0.4, -0.2) is 61.2 Å². The number of rotatable bonds is 5. The van der Waals surface area contributed by atoms with Gasteiger partial charge in [0.2, 0.25) is 0 Å². The third-order valence-corrected chi connectivity index (χ3v) is 5.67. The maximum absolute atomic E-state index is 12.5. The molecule has 31 heavy (non-hydrogen) atoms. The molecule has 0 amide bonds. The number of piperazine rings is 1. The average Bonchev–Trinajstić information content (AvgIpc) is 3.19. The van der Waals surface area contributed by atoms with Gasteiger partial charge in [-0.25, -0.2) is 9.78 Å². The second-order valence-electron chi connectivity index (χ2n) is 7.42. The zero-order chi connectivity index (χ0) is 21.4. The van der Waals surface area contributed by atoms with Gasteiger partial charge in [0, 0.05) is 71.2 Å². The molecule has 0 atom stereocenters. The summed E-state index contributed by atoms with van der Waals surface area (Å²) in [6, 6.07) is 6.62. The monoisotopic (exact) mass is 541 g/mol. The van der Waals surface area contributed by atoms with Gasteiger partial charge < -0.3 is 9.47 Å². The van der Waals surface area contributed by atoms with E-state index in [2.05, 4.69) is 14.8 Å². The molecule has 0 N–H and O–H groups in total. The van der Waals surface area contributed by atoms with E-state index in [4.69, 9.17) is 0 Å². The van der Waals surface area contributed by atoms with E-state index in [9.17, 15) is 19.7 Å². The second-order valence-corrected chi connectivity index (χ2v) is 7.42. The van der Waals surface area contributed by atoms with E-state index < -0.39 is 4.92 Å². The smallest absolute Gasteiger partial charge is 0.332 e. The van der Waals surface area contributed by atoms with Crippen LogP contribution < -0.4 is 16.1 Å². The maximum atomic E-state index is 12.5. The van der Waals surface area contributed by atoms with Crippen molar-refractivity contribution < 1.29 is 4.92 Å². The summed E-state index contributed by atoms with van der Waals surface area (Å²) in [5.41, 5.74) is 1.17. The number of aromatic nitrogens is 4. The molecule has 1 fully saturated rings. The molecule has 1 aliphatic heterocycles. The van der Waals surface area contributed by atoms with E-state index in [1.165, 1.54) is 23.7 Å². The molecular weight excluding hydrogens is 517 g/mol. The molecule has 0 spiro atoms. The van der Waals surface area contributed by atoms with Crippen LogP contribution in [0.5, 0.6) is 0 Å². The first kappa shape index (κ1) is 22.9. The molecule has 0 bridgehead atoms. The first-order chi connectivity index (χ1) is 14.4. The number of hydrogen-bond acceptors (Lipinski definition) is 7. The molecule has 0 radical (unpaired) electrons. The van der Waals surface area contributed by atoms with Gasteiger partial charge in [-0.05, 0) is 12.1 Å². The first-order valence-electron chi connectivity index (χ1n) is 9.69. The highest BCUT2D eigenvalue weighted by atomic mass is 127. The standard InChI is InChI=1S/C19H23N7O4.HI/c1-21-17-16(18(27)22(2)19(21)28)25(13-20-17)12-9-23-7-10-24(11-8-23)14-3-5-15(6-4-14)26(29)30;/h3-6,13H,7-12H2,1-2H3;1H. The number of non-ortho nitro benzene ring substituents is 1. The molecule has 12 heteroatoms. The Hall–Kier alpha value is -2.74. The Morgan fingerprint density at radius 3 is 2.26 bits per heavy atom. The van der Waals surface area contributed by atoms with Gasteiger partial charge in [0.25, 0.3) is 11.2 Å². The summed E-state index contributed by atoms with van der Waals surface area (Å²) in [7, 11) is 3.08. The molecular formula is C19H24IN7O4. The first-order valence-corrected chi connectivity index (χ1v) is 9.69. The van der Waals surface area contributed by atoms with E-state index in [1.54, 1.807) is 30.1 Å². The summed E-state index contributed by atoms with van der Waals surface area (Å²) in [6.45, 7) is 4.69. The molecule has 2 aromatic heterocycles. The van der Waals surface area contributed by atoms with E-state index in [0.717, 1.165) is 43.0 Å². The molecule has 0 saturated carbocycles. The van der Waals surface area contributed by atoms with Gasteiger partial charge in [0.1, 0.15) is 0 Å². The van der Waals surface area contributed by atoms with E-state index in [1.807, 2.05) is 0 Å². The van der Waals surface area contributed by atoms with Crippen molar-refractivity contribution in [1.29, 1.82) is 0 Å². The van der Waals surface area contributed by atoms with Gasteiger partial charge in [0.15, 0.2) is 11.2 Å². The van der Waals surface area contributed by atoms with Gasteiger partial charge in [-0.2, -0.15) is 0 Å². The van der Waals surface area contributed by atoms with Crippen LogP contribution in [-0.2, 0) is 20.6 Å². The molecule has 166 valence electrons. The molecule has 3 aromatic rings. The summed E-state index contributed by atoms with van der Waals surface area (Å²) in [5.74, 6) is 0. The summed E-state index contributed by atoms with van der Waals surface area (Å²) in [5, 5.41) is 10.8. The second kappa shape index (κ2) is 9.18. The Morgan fingerprint density at radius 2 is 1.65 bits per heavy atom. The van der Waals surface area contributed by atoms with Crippen LogP contribution in [0.3, 0.4) is 0 Å². The fraction of sp³-hybridized carbons (Fsp3) is 0.421. The van der Waals surface area contributed by atoms with E-state index >= 15 is 0 Å². The highest BCUT2D eigenvalue weighted by Crippen LogP contribution is 2.20. The molecule has 11 nitrogen and oxygen atoms in total. The number of halogens is 1. The van der Waals surface area contributed by atoms with Gasteiger partial charge in [-0.15, -0.1) is 24.0 Å². The number of benzene rings is 1. The maximum Gasteiger partial charge on any atom is 0.332 e. The Labute approximate surface area is 194 Å². The van der Waals surface area contributed by atoms with Gasteiger partial charge >= 0.3 is 5.69 Å². The minimum atomic E-state index is -0.396. The lowest BCUT2D eigenvalue weighted by atomic mass is 10.2. The van der Waals surface area contributed by atoms with Crippen molar-refractivity contribution in [3.05, 3.63) is 61.5 Å². The van der Waals surface area contributed by atoms with Crippen molar-refractivity contribution in [2.75, 3.05) is 37.6 Å². The number of hydrogen-bond donors (Lipinski definition) is 0. The lowest BCUT2D eigenvalue weighted by molar-refractivity contribution is -0.384. The number of nitrogens with zero attached hydrogens (tertiary/aromatic N) is 7. The molecule has 1 aromatic carbocycles. The Balaban J connectivity index is 0.00000272. The quantitative estimate of drug-likeness (QED) is 0.267. The van der Waals surface area contributed by atoms with Crippen molar-refractivity contribution in [3.8, 4) is 0 Å². The summed E-state index contributed by atoms with van der Waals surface area (Å²) >= 11 is 0. The highest BCUT2D eigenvalue weighted by Gasteiger charge is 2.19. The number of nitro groups is 1.